The molecule has 92 valence electrons. The fourth-order valence-electron chi connectivity index (χ4n) is 0.0745. The van der Waals surface area contributed by atoms with Gasteiger partial charge in [-0.05, 0) is 13.8 Å². The van der Waals surface area contributed by atoms with Crippen LogP contribution in [0, 0.1) is 0 Å². The molecule has 18 heavy (non-hydrogen) atoms. The molecule has 0 saturated carbocycles. The van der Waals surface area contributed by atoms with Gasteiger partial charge >= 0.3 is 59.1 Å². The van der Waals surface area contributed by atoms with Gasteiger partial charge in [-0.15, -0.1) is 0 Å². The fourth-order valence-corrected chi connectivity index (χ4v) is 0.224. The van der Waals surface area contributed by atoms with Gasteiger partial charge in [-0.1, -0.05) is 0 Å². The van der Waals surface area contributed by atoms with Crippen LogP contribution in [0.25, 0.3) is 0 Å². The first-order valence-electron chi connectivity index (χ1n) is 3.58. The zero-order valence-electron chi connectivity index (χ0n) is 10.2. The van der Waals surface area contributed by atoms with Crippen LogP contribution in [0.15, 0.2) is 0 Å². The zero-order valence-corrected chi connectivity index (χ0v) is 16.0. The molecule has 0 fully saturated rings. The van der Waals surface area contributed by atoms with Crippen molar-refractivity contribution in [2.75, 3.05) is 0 Å². The van der Waals surface area contributed by atoms with Crippen molar-refractivity contribution in [1.29, 1.82) is 0 Å². The standard InChI is InChI=1S/2C3H5O4P.2Na/c2*1-3(6,8-7)2(4)5;;/h2*6H,1H3,(H,4,5);;/q;;2*+1/p-2. The van der Waals surface area contributed by atoms with E-state index in [4.69, 9.17) is 10.2 Å². The molecule has 0 spiro atoms. The third-order valence-electron chi connectivity index (χ3n) is 1.13. The average Bonchev–Trinajstić information content (AvgIpc) is 2.18. The van der Waals surface area contributed by atoms with Crippen LogP contribution >= 0.6 is 16.9 Å². The molecule has 8 nitrogen and oxygen atoms in total. The van der Waals surface area contributed by atoms with Gasteiger partial charge < -0.3 is 30.0 Å². The van der Waals surface area contributed by atoms with Gasteiger partial charge in [0.2, 0.25) is 0 Å². The molecule has 0 aromatic rings. The van der Waals surface area contributed by atoms with Gasteiger partial charge in [0.1, 0.15) is 0 Å². The number of carbonyl (C=O) groups is 2. The second-order valence-electron chi connectivity index (χ2n) is 2.80. The van der Waals surface area contributed by atoms with Gasteiger partial charge in [0.05, 0.1) is 11.9 Å². The summed E-state index contributed by atoms with van der Waals surface area (Å²) in [6, 6.07) is 0. The molecule has 0 bridgehead atoms. The van der Waals surface area contributed by atoms with Crippen LogP contribution in [0.4, 0.5) is 0 Å². The van der Waals surface area contributed by atoms with E-state index in [0.717, 1.165) is 13.8 Å². The Labute approximate surface area is 150 Å². The summed E-state index contributed by atoms with van der Waals surface area (Å²) in [5.74, 6) is -3.48. The maximum atomic E-state index is 9.69. The van der Waals surface area contributed by atoms with Gasteiger partial charge in [0, 0.05) is 0 Å². The number of rotatable bonds is 4. The molecule has 0 rings (SSSR count). The van der Waals surface area contributed by atoms with Crippen LogP contribution in [0.5, 0.6) is 0 Å². The monoisotopic (exact) mass is 316 g/mol. The van der Waals surface area contributed by atoms with E-state index < -0.39 is 39.5 Å². The number of aliphatic hydroxyl groups is 2. The van der Waals surface area contributed by atoms with Gasteiger partial charge in [0.15, 0.2) is 27.6 Å². The predicted octanol–water partition coefficient (Wildman–Crippen LogP) is -8.52. The van der Waals surface area contributed by atoms with Crippen molar-refractivity contribution in [2.45, 2.75) is 24.5 Å². The minimum atomic E-state index is -2.24. The summed E-state index contributed by atoms with van der Waals surface area (Å²) in [5, 5.41) is 31.7. The first-order valence-corrected chi connectivity index (χ1v) is 5.20. The minimum absolute atomic E-state index is 0. The van der Waals surface area contributed by atoms with Gasteiger partial charge in [-0.3, -0.25) is 9.13 Å². The Morgan fingerprint density at radius 1 is 0.889 bits per heavy atom. The van der Waals surface area contributed by atoms with E-state index in [0.29, 0.717) is 0 Å². The van der Waals surface area contributed by atoms with Gasteiger partial charge in [-0.2, -0.15) is 0 Å². The second-order valence-corrected chi connectivity index (χ2v) is 4.91. The first-order chi connectivity index (χ1) is 7.01. The summed E-state index contributed by atoms with van der Waals surface area (Å²) in [4.78, 5) is 19.4. The molecule has 2 N–H and O–H groups in total. The zero-order chi connectivity index (χ0) is 13.6. The van der Waals surface area contributed by atoms with Crippen LogP contribution in [-0.2, 0) is 18.7 Å². The maximum absolute atomic E-state index is 9.69. The Balaban J connectivity index is -0.0000000980. The molecule has 2 atom stereocenters. The molecule has 12 heteroatoms. The molecular weight excluding hydrogens is 308 g/mol. The van der Waals surface area contributed by atoms with Crippen LogP contribution in [0.1, 0.15) is 13.8 Å². The quantitative estimate of drug-likeness (QED) is 0.383. The molecule has 0 aliphatic heterocycles. The Bertz CT molecular complexity index is 276. The third kappa shape index (κ3) is 12.1. The molecule has 0 amide bonds. The molecular formula is C6H8Na2O8P2. The van der Waals surface area contributed by atoms with E-state index in [1.165, 1.54) is 0 Å². The maximum Gasteiger partial charge on any atom is 1.00 e. The van der Waals surface area contributed by atoms with Crippen LogP contribution in [-0.4, -0.2) is 32.8 Å². The second kappa shape index (κ2) is 11.9. The SMILES string of the molecule is CC(O)(P=O)C(=O)[O-].CC(O)(P=O)C(=O)[O-].[Na+].[Na+]. The summed E-state index contributed by atoms with van der Waals surface area (Å²) in [7, 11) is -1.71. The van der Waals surface area contributed by atoms with Crippen molar-refractivity contribution in [3.05, 3.63) is 0 Å². The van der Waals surface area contributed by atoms with Crippen molar-refractivity contribution in [2.24, 2.45) is 0 Å². The van der Waals surface area contributed by atoms with Crippen LogP contribution < -0.4 is 69.3 Å². The van der Waals surface area contributed by atoms with Crippen LogP contribution in [0.3, 0.4) is 0 Å². The molecule has 0 radical (unpaired) electrons. The van der Waals surface area contributed by atoms with Gasteiger partial charge in [0.25, 0.3) is 0 Å². The van der Waals surface area contributed by atoms with E-state index in [1.54, 1.807) is 0 Å². The van der Waals surface area contributed by atoms with E-state index in [1.807, 2.05) is 0 Å². The summed E-state index contributed by atoms with van der Waals surface area (Å²) >= 11 is 0. The molecule has 0 saturated heterocycles. The number of hydrogen-bond acceptors (Lipinski definition) is 8. The fraction of sp³-hybridized carbons (Fsp3) is 0.667. The van der Waals surface area contributed by atoms with E-state index in [2.05, 4.69) is 0 Å². The Hall–Kier alpha value is 1.06. The number of carboxylic acid groups (broad SMARTS) is 2. The van der Waals surface area contributed by atoms with Crippen molar-refractivity contribution < 1.29 is 98.3 Å². The van der Waals surface area contributed by atoms with E-state index in [-0.39, 0.29) is 59.1 Å². The number of carboxylic acids is 2. The van der Waals surface area contributed by atoms with Crippen molar-refractivity contribution in [1.82, 2.24) is 0 Å². The molecule has 0 aliphatic rings. The minimum Gasteiger partial charge on any atom is -0.546 e. The summed E-state index contributed by atoms with van der Waals surface area (Å²) in [6.07, 6.45) is 0. The summed E-state index contributed by atoms with van der Waals surface area (Å²) < 4.78 is 19.4. The normalized spacial score (nSPS) is 15.8. The molecule has 0 aromatic carbocycles. The smallest absolute Gasteiger partial charge is 0.546 e. The molecule has 2 unspecified atom stereocenters. The predicted molar refractivity (Wildman–Crippen MR) is 46.5 cm³/mol. The Kier molecular flexibility index (Phi) is 18.0. The molecule has 0 aliphatic carbocycles. The molecule has 0 heterocycles. The van der Waals surface area contributed by atoms with Crippen molar-refractivity contribution >= 4 is 28.9 Å². The third-order valence-corrected chi connectivity index (χ3v) is 2.21. The number of carbonyl (C=O) groups excluding carboxylic acids is 2. The van der Waals surface area contributed by atoms with Gasteiger partial charge in [-0.25, -0.2) is 0 Å². The largest absolute Gasteiger partial charge is 1.00 e. The van der Waals surface area contributed by atoms with E-state index >= 15 is 0 Å². The van der Waals surface area contributed by atoms with Crippen molar-refractivity contribution in [3.63, 3.8) is 0 Å². The summed E-state index contributed by atoms with van der Waals surface area (Å²) in [6.45, 7) is 1.77. The van der Waals surface area contributed by atoms with Crippen LogP contribution in [0.2, 0.25) is 0 Å². The molecule has 0 aromatic heterocycles. The number of hydrogen-bond donors (Lipinski definition) is 2. The summed E-state index contributed by atoms with van der Waals surface area (Å²) in [5.41, 5.74) is 0. The Morgan fingerprint density at radius 3 is 1.06 bits per heavy atom. The topological polar surface area (TPSA) is 155 Å². The average molecular weight is 316 g/mol. The number of aliphatic carboxylic acids is 2. The Morgan fingerprint density at radius 2 is 1.06 bits per heavy atom. The van der Waals surface area contributed by atoms with E-state index in [9.17, 15) is 28.9 Å². The van der Waals surface area contributed by atoms with Crippen molar-refractivity contribution in [3.8, 4) is 0 Å². The first kappa shape index (κ1) is 27.4.